The minimum absolute atomic E-state index is 0.0597. The topological polar surface area (TPSA) is 68.4 Å². The fourth-order valence-corrected chi connectivity index (χ4v) is 5.51. The third-order valence-electron chi connectivity index (χ3n) is 7.52. The lowest BCUT2D eigenvalue weighted by Gasteiger charge is -2.21. The van der Waals surface area contributed by atoms with Gasteiger partial charge in [0.15, 0.2) is 5.78 Å². The average Bonchev–Trinajstić information content (AvgIpc) is 3.39. The van der Waals surface area contributed by atoms with Crippen LogP contribution in [0.4, 0.5) is 0 Å². The van der Waals surface area contributed by atoms with E-state index in [0.717, 1.165) is 34.1 Å². The molecule has 0 aliphatic heterocycles. The lowest BCUT2D eigenvalue weighted by atomic mass is 9.97. The summed E-state index contributed by atoms with van der Waals surface area (Å²) in [5.74, 6) is 1.00. The van der Waals surface area contributed by atoms with Crippen LogP contribution in [0.5, 0.6) is 5.75 Å². The number of nitrogens with one attached hydrogen (secondary N) is 1. The molecular formula is C38H39NO4. The number of aryl methyl sites for hydroxylation is 1. The second-order valence-electron chi connectivity index (χ2n) is 11.3. The van der Waals surface area contributed by atoms with Gasteiger partial charge in [-0.05, 0) is 79.1 Å². The summed E-state index contributed by atoms with van der Waals surface area (Å²) in [6.07, 6.45) is 2.24. The number of esters is 1. The Morgan fingerprint density at radius 3 is 2.16 bits per heavy atom. The zero-order valence-electron chi connectivity index (χ0n) is 25.1. The maximum atomic E-state index is 13.9. The molecule has 0 saturated heterocycles. The number of ketones is 1. The largest absolute Gasteiger partial charge is 0.481 e. The summed E-state index contributed by atoms with van der Waals surface area (Å²) in [6, 6.07) is 34.1. The molecule has 43 heavy (non-hydrogen) atoms. The summed E-state index contributed by atoms with van der Waals surface area (Å²) in [6.45, 7) is 6.62. The van der Waals surface area contributed by atoms with Crippen LogP contribution in [0.25, 0.3) is 10.9 Å². The fraction of sp³-hybridized carbons (Fsp3) is 0.263. The van der Waals surface area contributed by atoms with E-state index in [-0.39, 0.29) is 17.9 Å². The van der Waals surface area contributed by atoms with Crippen molar-refractivity contribution in [3.8, 4) is 5.75 Å². The van der Waals surface area contributed by atoms with Crippen molar-refractivity contribution in [2.75, 3.05) is 6.61 Å². The molecule has 0 saturated carbocycles. The highest BCUT2D eigenvalue weighted by Gasteiger charge is 2.21. The van der Waals surface area contributed by atoms with E-state index in [9.17, 15) is 9.59 Å². The lowest BCUT2D eigenvalue weighted by molar-refractivity contribution is -0.143. The molecule has 5 nitrogen and oxygen atoms in total. The van der Waals surface area contributed by atoms with E-state index in [1.165, 1.54) is 5.56 Å². The maximum absolute atomic E-state index is 13.9. The number of ether oxygens (including phenoxy) is 2. The molecule has 0 aliphatic carbocycles. The van der Waals surface area contributed by atoms with Gasteiger partial charge in [-0.3, -0.25) is 9.59 Å². The molecule has 5 heteroatoms. The third-order valence-corrected chi connectivity index (χ3v) is 7.52. The van der Waals surface area contributed by atoms with Gasteiger partial charge in [0, 0.05) is 28.6 Å². The minimum Gasteiger partial charge on any atom is -0.481 e. The summed E-state index contributed by atoms with van der Waals surface area (Å²) in [5, 5.41) is 0.879. The molecule has 220 valence electrons. The minimum atomic E-state index is -0.282. The number of para-hydroxylation sites is 1. The number of carbonyl (C=O) groups excluding carboxylic acids is 2. The van der Waals surface area contributed by atoms with Gasteiger partial charge in [0.05, 0.1) is 12.2 Å². The molecule has 0 radical (unpaired) electrons. The summed E-state index contributed by atoms with van der Waals surface area (Å²) < 4.78 is 11.6. The van der Waals surface area contributed by atoms with Crippen molar-refractivity contribution in [1.29, 1.82) is 0 Å². The predicted octanol–water partition coefficient (Wildman–Crippen LogP) is 8.65. The fourth-order valence-electron chi connectivity index (χ4n) is 5.51. The first kappa shape index (κ1) is 29.8. The molecule has 5 aromatic rings. The zero-order chi connectivity index (χ0) is 30.2. The Kier molecular flexibility index (Phi) is 9.73. The molecule has 1 unspecified atom stereocenters. The van der Waals surface area contributed by atoms with E-state index < -0.39 is 0 Å². The third kappa shape index (κ3) is 7.42. The van der Waals surface area contributed by atoms with Crippen LogP contribution in [0.2, 0.25) is 0 Å². The summed E-state index contributed by atoms with van der Waals surface area (Å²) in [5.41, 5.74) is 6.42. The SMILES string of the molecule is CCOC(=O)CCCc1[nH]c2ccccc2c1C(=O)c1ccc(OC(c2ccccc2)c2ccc(CC(C)C)cc2)cc1. The van der Waals surface area contributed by atoms with Gasteiger partial charge in [-0.25, -0.2) is 0 Å². The maximum Gasteiger partial charge on any atom is 0.305 e. The second kappa shape index (κ2) is 14.0. The number of hydrogen-bond donors (Lipinski definition) is 1. The van der Waals surface area contributed by atoms with Crippen molar-refractivity contribution in [2.45, 2.75) is 52.6 Å². The Balaban J connectivity index is 1.37. The van der Waals surface area contributed by atoms with Crippen molar-refractivity contribution in [3.05, 3.63) is 137 Å². The highest BCUT2D eigenvalue weighted by atomic mass is 16.5. The number of benzene rings is 4. The van der Waals surface area contributed by atoms with Crippen molar-refractivity contribution < 1.29 is 19.1 Å². The smallest absolute Gasteiger partial charge is 0.305 e. The van der Waals surface area contributed by atoms with Crippen LogP contribution in [0.15, 0.2) is 103 Å². The van der Waals surface area contributed by atoms with Crippen molar-refractivity contribution in [2.24, 2.45) is 5.92 Å². The Morgan fingerprint density at radius 1 is 0.791 bits per heavy atom. The monoisotopic (exact) mass is 573 g/mol. The highest BCUT2D eigenvalue weighted by molar-refractivity contribution is 6.17. The van der Waals surface area contributed by atoms with Crippen LogP contribution >= 0.6 is 0 Å². The van der Waals surface area contributed by atoms with Gasteiger partial charge < -0.3 is 14.5 Å². The van der Waals surface area contributed by atoms with E-state index in [1.807, 2.05) is 66.7 Å². The van der Waals surface area contributed by atoms with Crippen molar-refractivity contribution >= 4 is 22.7 Å². The van der Waals surface area contributed by atoms with Gasteiger partial charge in [0.2, 0.25) is 0 Å². The summed E-state index contributed by atoms with van der Waals surface area (Å²) >= 11 is 0. The lowest BCUT2D eigenvalue weighted by Crippen LogP contribution is -2.10. The normalized spacial score (nSPS) is 11.9. The Bertz CT molecular complexity index is 1650. The van der Waals surface area contributed by atoms with Gasteiger partial charge in [-0.1, -0.05) is 86.6 Å². The van der Waals surface area contributed by atoms with Crippen LogP contribution in [0.1, 0.15) is 78.0 Å². The van der Waals surface area contributed by atoms with Gasteiger partial charge in [0.25, 0.3) is 0 Å². The predicted molar refractivity (Wildman–Crippen MR) is 172 cm³/mol. The molecule has 5 rings (SSSR count). The molecule has 1 heterocycles. The van der Waals surface area contributed by atoms with E-state index in [4.69, 9.17) is 9.47 Å². The standard InChI is InChI=1S/C38H39NO4/c1-4-42-35(40)16-10-15-34-36(32-13-8-9-14-33(32)39-34)37(41)28-21-23-31(24-22-28)43-38(29-11-6-5-7-12-29)30-19-17-27(18-20-30)25-26(2)3/h5-9,11-14,17-24,26,38-39H,4,10,15-16,25H2,1-3H3. The van der Waals surface area contributed by atoms with Gasteiger partial charge in [-0.2, -0.15) is 0 Å². The first-order chi connectivity index (χ1) is 20.9. The van der Waals surface area contributed by atoms with Gasteiger partial charge >= 0.3 is 5.97 Å². The summed E-state index contributed by atoms with van der Waals surface area (Å²) in [7, 11) is 0. The number of rotatable bonds is 13. The van der Waals surface area contributed by atoms with Crippen molar-refractivity contribution in [3.63, 3.8) is 0 Å². The van der Waals surface area contributed by atoms with E-state index in [1.54, 1.807) is 6.92 Å². The number of aromatic amines is 1. The van der Waals surface area contributed by atoms with Gasteiger partial charge in [-0.15, -0.1) is 0 Å². The summed E-state index contributed by atoms with van der Waals surface area (Å²) in [4.78, 5) is 29.2. The van der Waals surface area contributed by atoms with Crippen LogP contribution < -0.4 is 4.74 Å². The number of H-pyrrole nitrogens is 1. The molecule has 1 atom stereocenters. The molecular weight excluding hydrogens is 534 g/mol. The molecule has 1 aromatic heterocycles. The number of fused-ring (bicyclic) bond motifs is 1. The molecule has 0 amide bonds. The first-order valence-corrected chi connectivity index (χ1v) is 15.1. The van der Waals surface area contributed by atoms with Crippen LogP contribution in [-0.4, -0.2) is 23.3 Å². The van der Waals surface area contributed by atoms with E-state index in [2.05, 4.69) is 55.2 Å². The van der Waals surface area contributed by atoms with Gasteiger partial charge in [0.1, 0.15) is 11.9 Å². The average molecular weight is 574 g/mol. The molecule has 0 aliphatic rings. The number of aromatic nitrogens is 1. The van der Waals surface area contributed by atoms with E-state index in [0.29, 0.717) is 48.7 Å². The second-order valence-corrected chi connectivity index (χ2v) is 11.3. The van der Waals surface area contributed by atoms with Crippen LogP contribution in [0.3, 0.4) is 0 Å². The number of carbonyl (C=O) groups is 2. The number of hydrogen-bond acceptors (Lipinski definition) is 4. The Hall–Kier alpha value is -4.64. The van der Waals surface area contributed by atoms with Crippen LogP contribution in [-0.2, 0) is 22.4 Å². The van der Waals surface area contributed by atoms with Crippen LogP contribution in [0, 0.1) is 5.92 Å². The first-order valence-electron chi connectivity index (χ1n) is 15.1. The molecule has 0 spiro atoms. The molecule has 0 bridgehead atoms. The molecule has 0 fully saturated rings. The Morgan fingerprint density at radius 2 is 1.47 bits per heavy atom. The zero-order valence-corrected chi connectivity index (χ0v) is 25.1. The van der Waals surface area contributed by atoms with E-state index >= 15 is 0 Å². The molecule has 4 aromatic carbocycles. The van der Waals surface area contributed by atoms with Crippen molar-refractivity contribution in [1.82, 2.24) is 4.98 Å². The molecule has 1 N–H and O–H groups in total. The Labute approximate surface area is 253 Å². The highest BCUT2D eigenvalue weighted by Crippen LogP contribution is 2.31. The quantitative estimate of drug-likeness (QED) is 0.113.